The van der Waals surface area contributed by atoms with E-state index < -0.39 is 47.7 Å². The average Bonchev–Trinajstić information content (AvgIpc) is 3.77. The number of amides is 1. The number of alkyl halides is 1. The summed E-state index contributed by atoms with van der Waals surface area (Å²) in [6, 6.07) is 3.59. The van der Waals surface area contributed by atoms with Crippen molar-refractivity contribution >= 4 is 17.7 Å². The standard InChI is InChI=1S/C29H38F3N5O4/c1-41-22(16-30)18-37(13-3-2-6-21-8-7-19-5-4-12-33-26(19)35-21)14-9-24(27(38)39)36-28(40)29(10-11-29)25-23(32)15-20(31)17-34-25/h7-8,15,17,22,24H,2-6,9-14,16,18H2,1H3,(H,33,35)(H,36,40)(H,38,39)/t22-,24+/m1/s1. The number of hydrogen-bond acceptors (Lipinski definition) is 7. The quantitative estimate of drug-likeness (QED) is 0.260. The Bertz CT molecular complexity index is 1210. The van der Waals surface area contributed by atoms with Gasteiger partial charge in [-0.2, -0.15) is 0 Å². The molecule has 0 unspecified atom stereocenters. The minimum atomic E-state index is -1.30. The van der Waals surface area contributed by atoms with E-state index in [9.17, 15) is 27.9 Å². The molecule has 1 aliphatic carbocycles. The van der Waals surface area contributed by atoms with Crippen LogP contribution in [0.4, 0.5) is 19.0 Å². The predicted octanol–water partition coefficient (Wildman–Crippen LogP) is 3.41. The SMILES string of the molecule is CO[C@H](CF)CN(CCCCc1ccc2c(n1)NCCC2)CC[C@H](NC(=O)C1(c2ncc(F)cc2F)CC1)C(=O)O. The van der Waals surface area contributed by atoms with Gasteiger partial charge in [-0.1, -0.05) is 6.07 Å². The Morgan fingerprint density at radius 2 is 2.05 bits per heavy atom. The highest BCUT2D eigenvalue weighted by atomic mass is 19.1. The number of nitrogens with one attached hydrogen (secondary N) is 2. The van der Waals surface area contributed by atoms with E-state index >= 15 is 0 Å². The summed E-state index contributed by atoms with van der Waals surface area (Å²) >= 11 is 0. The molecule has 1 saturated carbocycles. The highest BCUT2D eigenvalue weighted by Crippen LogP contribution is 2.48. The number of carboxylic acids is 1. The lowest BCUT2D eigenvalue weighted by Crippen LogP contribution is -2.48. The van der Waals surface area contributed by atoms with Crippen molar-refractivity contribution in [3.63, 3.8) is 0 Å². The third kappa shape index (κ3) is 7.94. The highest BCUT2D eigenvalue weighted by Gasteiger charge is 2.54. The largest absolute Gasteiger partial charge is 0.480 e. The van der Waals surface area contributed by atoms with Crippen LogP contribution in [0.25, 0.3) is 0 Å². The minimum absolute atomic E-state index is 0.0528. The minimum Gasteiger partial charge on any atom is -0.480 e. The van der Waals surface area contributed by atoms with Crippen molar-refractivity contribution in [1.82, 2.24) is 20.2 Å². The summed E-state index contributed by atoms with van der Waals surface area (Å²) in [6.45, 7) is 1.36. The first-order chi connectivity index (χ1) is 19.8. The number of halogens is 3. The molecule has 2 aliphatic rings. The van der Waals surface area contributed by atoms with E-state index in [1.165, 1.54) is 12.7 Å². The van der Waals surface area contributed by atoms with Crippen LogP contribution in [0.2, 0.25) is 0 Å². The molecule has 12 heteroatoms. The Labute approximate surface area is 237 Å². The first-order valence-corrected chi connectivity index (χ1v) is 14.1. The van der Waals surface area contributed by atoms with Crippen molar-refractivity contribution in [2.45, 2.75) is 68.9 Å². The highest BCUT2D eigenvalue weighted by molar-refractivity contribution is 5.93. The van der Waals surface area contributed by atoms with Crippen molar-refractivity contribution in [1.29, 1.82) is 0 Å². The van der Waals surface area contributed by atoms with Crippen molar-refractivity contribution in [2.75, 3.05) is 45.3 Å². The van der Waals surface area contributed by atoms with E-state index in [4.69, 9.17) is 9.72 Å². The molecule has 224 valence electrons. The summed E-state index contributed by atoms with van der Waals surface area (Å²) in [5, 5.41) is 15.7. The molecule has 4 rings (SSSR count). The number of fused-ring (bicyclic) bond motifs is 1. The molecule has 2 aromatic rings. The van der Waals surface area contributed by atoms with Gasteiger partial charge in [0.1, 0.15) is 30.2 Å². The molecule has 1 fully saturated rings. The van der Waals surface area contributed by atoms with Gasteiger partial charge in [0.15, 0.2) is 0 Å². The number of pyridine rings is 2. The second kappa shape index (κ2) is 14.1. The van der Waals surface area contributed by atoms with Crippen molar-refractivity contribution in [2.24, 2.45) is 0 Å². The van der Waals surface area contributed by atoms with Gasteiger partial charge in [0, 0.05) is 38.5 Å². The molecule has 0 saturated heterocycles. The molecular formula is C29H38F3N5O4. The average molecular weight is 578 g/mol. The number of carboxylic acid groups (broad SMARTS) is 1. The molecule has 9 nitrogen and oxygen atoms in total. The lowest BCUT2D eigenvalue weighted by Gasteiger charge is -2.27. The first kappa shape index (κ1) is 30.7. The molecule has 1 aliphatic heterocycles. The fraction of sp³-hybridized carbons (Fsp3) is 0.586. The molecule has 41 heavy (non-hydrogen) atoms. The van der Waals surface area contributed by atoms with Gasteiger partial charge < -0.3 is 25.4 Å². The monoisotopic (exact) mass is 577 g/mol. The van der Waals surface area contributed by atoms with Gasteiger partial charge in [-0.3, -0.25) is 9.78 Å². The molecule has 2 aromatic heterocycles. The van der Waals surface area contributed by atoms with Crippen LogP contribution in [-0.4, -0.2) is 84.0 Å². The molecule has 0 aromatic carbocycles. The molecule has 0 spiro atoms. The number of aryl methyl sites for hydroxylation is 2. The van der Waals surface area contributed by atoms with Crippen molar-refractivity contribution < 1.29 is 32.6 Å². The number of hydrogen-bond donors (Lipinski definition) is 3. The van der Waals surface area contributed by atoms with Crippen LogP contribution < -0.4 is 10.6 Å². The summed E-state index contributed by atoms with van der Waals surface area (Å²) < 4.78 is 46.3. The number of unbranched alkanes of at least 4 members (excludes halogenated alkanes) is 1. The third-order valence-corrected chi connectivity index (χ3v) is 7.86. The van der Waals surface area contributed by atoms with Crippen molar-refractivity contribution in [3.05, 3.63) is 53.0 Å². The molecular weight excluding hydrogens is 539 g/mol. The van der Waals surface area contributed by atoms with Gasteiger partial charge in [0.25, 0.3) is 0 Å². The Morgan fingerprint density at radius 3 is 2.73 bits per heavy atom. The van der Waals surface area contributed by atoms with Gasteiger partial charge in [-0.15, -0.1) is 0 Å². The number of ether oxygens (including phenoxy) is 1. The Kier molecular flexibility index (Phi) is 10.5. The number of anilines is 1. The van der Waals surface area contributed by atoms with Gasteiger partial charge in [0.2, 0.25) is 5.91 Å². The molecule has 0 bridgehead atoms. The number of carbonyl (C=O) groups excluding carboxylic acids is 1. The van der Waals surface area contributed by atoms with E-state index in [1.807, 2.05) is 11.0 Å². The predicted molar refractivity (Wildman–Crippen MR) is 146 cm³/mol. The molecule has 0 radical (unpaired) electrons. The van der Waals surface area contributed by atoms with Crippen LogP contribution in [0.5, 0.6) is 0 Å². The molecule has 3 heterocycles. The Morgan fingerprint density at radius 1 is 1.24 bits per heavy atom. The van der Waals surface area contributed by atoms with Gasteiger partial charge in [-0.25, -0.2) is 22.9 Å². The lowest BCUT2D eigenvalue weighted by molar-refractivity contribution is -0.142. The molecule has 3 N–H and O–H groups in total. The van der Waals surface area contributed by atoms with E-state index in [1.54, 1.807) is 0 Å². The Balaban J connectivity index is 1.32. The fourth-order valence-electron chi connectivity index (χ4n) is 5.25. The maximum absolute atomic E-state index is 14.4. The third-order valence-electron chi connectivity index (χ3n) is 7.86. The zero-order valence-electron chi connectivity index (χ0n) is 23.3. The Hall–Kier alpha value is -3.25. The van der Waals surface area contributed by atoms with Gasteiger partial charge in [0.05, 0.1) is 23.4 Å². The number of aliphatic carboxylic acids is 1. The fourth-order valence-corrected chi connectivity index (χ4v) is 5.25. The van der Waals surface area contributed by atoms with Crippen LogP contribution in [0.3, 0.4) is 0 Å². The maximum atomic E-state index is 14.4. The zero-order valence-corrected chi connectivity index (χ0v) is 23.3. The second-order valence-electron chi connectivity index (χ2n) is 10.8. The number of rotatable bonds is 16. The van der Waals surface area contributed by atoms with Crippen LogP contribution in [-0.2, 0) is 32.6 Å². The van der Waals surface area contributed by atoms with E-state index in [-0.39, 0.29) is 38.0 Å². The number of carbonyl (C=O) groups is 2. The van der Waals surface area contributed by atoms with Crippen LogP contribution in [0.1, 0.15) is 55.5 Å². The number of methoxy groups -OCH3 is 1. The van der Waals surface area contributed by atoms with Gasteiger partial charge >= 0.3 is 5.97 Å². The normalized spacial score (nSPS) is 16.9. The van der Waals surface area contributed by atoms with Crippen LogP contribution in [0.15, 0.2) is 24.4 Å². The van der Waals surface area contributed by atoms with Gasteiger partial charge in [-0.05, 0) is 69.5 Å². The summed E-state index contributed by atoms with van der Waals surface area (Å²) in [5.74, 6) is -2.73. The summed E-state index contributed by atoms with van der Waals surface area (Å²) in [6.07, 6.45) is 5.33. The lowest BCUT2D eigenvalue weighted by atomic mass is 9.99. The van der Waals surface area contributed by atoms with Crippen LogP contribution >= 0.6 is 0 Å². The second-order valence-corrected chi connectivity index (χ2v) is 10.8. The topological polar surface area (TPSA) is 117 Å². The summed E-state index contributed by atoms with van der Waals surface area (Å²) in [7, 11) is 1.43. The van der Waals surface area contributed by atoms with Crippen LogP contribution in [0, 0.1) is 11.6 Å². The molecule has 1 amide bonds. The zero-order chi connectivity index (χ0) is 29.4. The van der Waals surface area contributed by atoms with E-state index in [2.05, 4.69) is 21.7 Å². The summed E-state index contributed by atoms with van der Waals surface area (Å²) in [4.78, 5) is 35.5. The van der Waals surface area contributed by atoms with Crippen molar-refractivity contribution in [3.8, 4) is 0 Å². The first-order valence-electron chi connectivity index (χ1n) is 14.1. The number of nitrogens with zero attached hydrogens (tertiary/aromatic N) is 3. The molecule has 2 atom stereocenters. The number of aromatic nitrogens is 2. The maximum Gasteiger partial charge on any atom is 0.326 e. The smallest absolute Gasteiger partial charge is 0.326 e. The van der Waals surface area contributed by atoms with E-state index in [0.29, 0.717) is 12.6 Å². The summed E-state index contributed by atoms with van der Waals surface area (Å²) in [5.41, 5.74) is 0.741. The van der Waals surface area contributed by atoms with E-state index in [0.717, 1.165) is 56.4 Å².